The van der Waals surface area contributed by atoms with Crippen molar-refractivity contribution in [1.82, 2.24) is 15.0 Å². The van der Waals surface area contributed by atoms with Crippen LogP contribution in [-0.2, 0) is 0 Å². The van der Waals surface area contributed by atoms with Gasteiger partial charge in [-0.1, -0.05) is 0 Å². The number of nitrogens with one attached hydrogen (secondary N) is 1. The number of benzene rings is 1. The first-order valence-electron chi connectivity index (χ1n) is 6.70. The Hall–Kier alpha value is -3.09. The van der Waals surface area contributed by atoms with Gasteiger partial charge in [0.25, 0.3) is 0 Å². The molecule has 0 amide bonds. The van der Waals surface area contributed by atoms with Crippen LogP contribution in [0.15, 0.2) is 48.8 Å². The van der Waals surface area contributed by atoms with Gasteiger partial charge < -0.3 is 10.1 Å². The summed E-state index contributed by atoms with van der Waals surface area (Å²) in [7, 11) is 1.53. The van der Waals surface area contributed by atoms with E-state index in [9.17, 15) is 8.78 Å². The largest absolute Gasteiger partial charge is 0.481 e. The van der Waals surface area contributed by atoms with Crippen LogP contribution in [0.3, 0.4) is 0 Å². The zero-order valence-corrected chi connectivity index (χ0v) is 12.1. The molecule has 0 aliphatic rings. The van der Waals surface area contributed by atoms with Crippen molar-refractivity contribution in [3.05, 3.63) is 60.4 Å². The van der Waals surface area contributed by atoms with Gasteiger partial charge in [0.05, 0.1) is 12.8 Å². The monoisotopic (exact) mass is 314 g/mol. The number of hydrogen-bond donors (Lipinski definition) is 1. The molecule has 2 aromatic heterocycles. The minimum absolute atomic E-state index is 0.225. The highest BCUT2D eigenvalue weighted by atomic mass is 19.1. The summed E-state index contributed by atoms with van der Waals surface area (Å²) in [5.41, 5.74) is 1.64. The van der Waals surface area contributed by atoms with Crippen molar-refractivity contribution in [1.29, 1.82) is 0 Å². The van der Waals surface area contributed by atoms with Crippen LogP contribution < -0.4 is 10.1 Å². The number of hydrogen-bond acceptors (Lipinski definition) is 5. The highest BCUT2D eigenvalue weighted by Crippen LogP contribution is 2.22. The fourth-order valence-electron chi connectivity index (χ4n) is 2.02. The molecule has 2 heterocycles. The Labute approximate surface area is 131 Å². The van der Waals surface area contributed by atoms with E-state index in [1.807, 2.05) is 0 Å². The number of nitrogens with zero attached hydrogens (tertiary/aromatic N) is 3. The Morgan fingerprint density at radius 3 is 2.43 bits per heavy atom. The molecule has 3 rings (SSSR count). The molecule has 0 bridgehead atoms. The van der Waals surface area contributed by atoms with Crippen LogP contribution in [0.5, 0.6) is 5.88 Å². The van der Waals surface area contributed by atoms with Crippen molar-refractivity contribution in [3.63, 3.8) is 0 Å². The third-order valence-electron chi connectivity index (χ3n) is 3.01. The number of halogens is 2. The highest BCUT2D eigenvalue weighted by Gasteiger charge is 2.06. The van der Waals surface area contributed by atoms with E-state index in [0.29, 0.717) is 11.6 Å². The summed E-state index contributed by atoms with van der Waals surface area (Å²) >= 11 is 0. The molecule has 23 heavy (non-hydrogen) atoms. The van der Waals surface area contributed by atoms with Gasteiger partial charge in [-0.25, -0.2) is 23.7 Å². The summed E-state index contributed by atoms with van der Waals surface area (Å²) in [6.45, 7) is 0. The van der Waals surface area contributed by atoms with E-state index in [0.717, 1.165) is 23.8 Å². The molecule has 3 aromatic rings. The van der Waals surface area contributed by atoms with E-state index in [4.69, 9.17) is 4.74 Å². The molecule has 5 nitrogen and oxygen atoms in total. The van der Waals surface area contributed by atoms with Crippen molar-refractivity contribution in [2.75, 3.05) is 12.4 Å². The van der Waals surface area contributed by atoms with E-state index >= 15 is 0 Å². The molecule has 0 spiro atoms. The first kappa shape index (κ1) is 14.8. The van der Waals surface area contributed by atoms with E-state index in [-0.39, 0.29) is 11.6 Å². The summed E-state index contributed by atoms with van der Waals surface area (Å²) in [6.07, 6.45) is 3.15. The summed E-state index contributed by atoms with van der Waals surface area (Å²) in [6, 6.07) is 8.34. The van der Waals surface area contributed by atoms with Crippen molar-refractivity contribution in [2.24, 2.45) is 0 Å². The van der Waals surface area contributed by atoms with E-state index in [1.165, 1.54) is 7.11 Å². The molecule has 0 saturated heterocycles. The zero-order valence-electron chi connectivity index (χ0n) is 12.1. The van der Waals surface area contributed by atoms with Gasteiger partial charge in [-0.05, 0) is 24.3 Å². The molecule has 0 saturated carbocycles. The van der Waals surface area contributed by atoms with Crippen molar-refractivity contribution in [2.45, 2.75) is 0 Å². The number of anilines is 2. The molecule has 0 aliphatic carbocycles. The Kier molecular flexibility index (Phi) is 4.09. The molecular weight excluding hydrogens is 302 g/mol. The zero-order chi connectivity index (χ0) is 16.2. The molecule has 116 valence electrons. The second-order valence-corrected chi connectivity index (χ2v) is 4.64. The van der Waals surface area contributed by atoms with Crippen LogP contribution in [0.2, 0.25) is 0 Å². The molecule has 1 N–H and O–H groups in total. The quantitative estimate of drug-likeness (QED) is 0.798. The summed E-state index contributed by atoms with van der Waals surface area (Å²) in [5.74, 6) is -0.670. The highest BCUT2D eigenvalue weighted by molar-refractivity contribution is 5.62. The molecule has 0 unspecified atom stereocenters. The minimum Gasteiger partial charge on any atom is -0.481 e. The number of methoxy groups -OCH3 is 1. The second kappa shape index (κ2) is 6.35. The topological polar surface area (TPSA) is 59.9 Å². The predicted molar refractivity (Wildman–Crippen MR) is 81.5 cm³/mol. The van der Waals surface area contributed by atoms with E-state index < -0.39 is 11.6 Å². The lowest BCUT2D eigenvalue weighted by Crippen LogP contribution is -1.99. The van der Waals surface area contributed by atoms with Gasteiger partial charge in [0, 0.05) is 35.8 Å². The van der Waals surface area contributed by atoms with Crippen molar-refractivity contribution >= 4 is 11.6 Å². The molecule has 0 radical (unpaired) electrons. The summed E-state index contributed by atoms with van der Waals surface area (Å²) < 4.78 is 31.5. The third-order valence-corrected chi connectivity index (χ3v) is 3.01. The molecule has 7 heteroatoms. The summed E-state index contributed by atoms with van der Waals surface area (Å²) in [4.78, 5) is 12.4. The van der Waals surface area contributed by atoms with E-state index in [2.05, 4.69) is 20.3 Å². The van der Waals surface area contributed by atoms with Gasteiger partial charge in [0.2, 0.25) is 11.8 Å². The smallest absolute Gasteiger partial charge is 0.227 e. The van der Waals surface area contributed by atoms with Crippen LogP contribution in [-0.4, -0.2) is 22.1 Å². The Balaban J connectivity index is 1.90. The standard InChI is InChI=1S/C16H12F2N4O/c1-23-15-6-10(2-4-19-15)14-3-5-20-16(22-14)21-13-8-11(17)7-12(18)9-13/h2-9H,1H3,(H,20,21,22). The van der Waals surface area contributed by atoms with Crippen LogP contribution in [0.1, 0.15) is 0 Å². The molecule has 0 atom stereocenters. The van der Waals surface area contributed by atoms with Gasteiger partial charge in [-0.2, -0.15) is 0 Å². The Morgan fingerprint density at radius 1 is 0.957 bits per heavy atom. The fraction of sp³-hybridized carbons (Fsp3) is 0.0625. The lowest BCUT2D eigenvalue weighted by Gasteiger charge is -2.07. The number of aromatic nitrogens is 3. The van der Waals surface area contributed by atoms with Crippen LogP contribution in [0, 0.1) is 11.6 Å². The van der Waals surface area contributed by atoms with Crippen molar-refractivity contribution in [3.8, 4) is 17.1 Å². The van der Waals surface area contributed by atoms with Gasteiger partial charge in [0.1, 0.15) is 11.6 Å². The summed E-state index contributed by atoms with van der Waals surface area (Å²) in [5, 5.41) is 2.78. The lowest BCUT2D eigenvalue weighted by atomic mass is 10.2. The first-order valence-corrected chi connectivity index (χ1v) is 6.70. The molecule has 1 aromatic carbocycles. The van der Waals surface area contributed by atoms with Crippen LogP contribution in [0.4, 0.5) is 20.4 Å². The average Bonchev–Trinajstić information content (AvgIpc) is 2.54. The maximum atomic E-state index is 13.2. The Bertz CT molecular complexity index is 822. The van der Waals surface area contributed by atoms with Gasteiger partial charge >= 0.3 is 0 Å². The second-order valence-electron chi connectivity index (χ2n) is 4.64. The number of ether oxygens (including phenoxy) is 1. The SMILES string of the molecule is COc1cc(-c2ccnc(Nc3cc(F)cc(F)c3)n2)ccn1. The molecular formula is C16H12F2N4O. The number of pyridine rings is 1. The maximum Gasteiger partial charge on any atom is 0.227 e. The van der Waals surface area contributed by atoms with Crippen LogP contribution in [0.25, 0.3) is 11.3 Å². The first-order chi connectivity index (χ1) is 11.1. The minimum atomic E-state index is -0.678. The third kappa shape index (κ3) is 3.57. The van der Waals surface area contributed by atoms with Gasteiger partial charge in [-0.15, -0.1) is 0 Å². The maximum absolute atomic E-state index is 13.2. The average molecular weight is 314 g/mol. The van der Waals surface area contributed by atoms with E-state index in [1.54, 1.807) is 30.6 Å². The van der Waals surface area contributed by atoms with Gasteiger partial charge in [-0.3, -0.25) is 0 Å². The lowest BCUT2D eigenvalue weighted by molar-refractivity contribution is 0.398. The fourth-order valence-corrected chi connectivity index (χ4v) is 2.02. The predicted octanol–water partition coefficient (Wildman–Crippen LogP) is 3.57. The van der Waals surface area contributed by atoms with Gasteiger partial charge in [0.15, 0.2) is 0 Å². The molecule has 0 fully saturated rings. The normalized spacial score (nSPS) is 10.4. The van der Waals surface area contributed by atoms with Crippen LogP contribution >= 0.6 is 0 Å². The molecule has 0 aliphatic heterocycles. The van der Waals surface area contributed by atoms with Crippen molar-refractivity contribution < 1.29 is 13.5 Å². The number of rotatable bonds is 4. The Morgan fingerprint density at radius 2 is 1.70 bits per heavy atom.